The van der Waals surface area contributed by atoms with E-state index in [0.29, 0.717) is 0 Å². The fraction of sp³-hybridized carbons (Fsp3) is 0.385. The van der Waals surface area contributed by atoms with Crippen LogP contribution in [0.2, 0.25) is 0 Å². The third-order valence-corrected chi connectivity index (χ3v) is 2.57. The zero-order valence-electron chi connectivity index (χ0n) is 8.45. The van der Waals surface area contributed by atoms with Gasteiger partial charge in [0, 0.05) is 13.1 Å². The van der Waals surface area contributed by atoms with Crippen molar-refractivity contribution in [3.8, 4) is 0 Å². The Balaban J connectivity index is 1.93. The van der Waals surface area contributed by atoms with Crippen molar-refractivity contribution >= 4 is 6.08 Å². The maximum absolute atomic E-state index is 3.35. The summed E-state index contributed by atoms with van der Waals surface area (Å²) in [4.78, 5) is 2.29. The van der Waals surface area contributed by atoms with Gasteiger partial charge in [-0.3, -0.25) is 0 Å². The lowest BCUT2D eigenvalue weighted by molar-refractivity contribution is 0.298. The van der Waals surface area contributed by atoms with E-state index in [9.17, 15) is 0 Å². The Hall–Kier alpha value is -1.24. The standard InChI is InChI=1S/C13H16N/c1-3-7-13(8-4-1)9-12-14-10-5-2-6-11-14/h1,3-4,7-9H,2,5-6,10-11H2. The van der Waals surface area contributed by atoms with Crippen molar-refractivity contribution in [2.24, 2.45) is 0 Å². The summed E-state index contributed by atoms with van der Waals surface area (Å²) in [7, 11) is 0. The zero-order chi connectivity index (χ0) is 9.64. The molecule has 14 heavy (non-hydrogen) atoms. The lowest BCUT2D eigenvalue weighted by Crippen LogP contribution is -2.24. The van der Waals surface area contributed by atoms with Gasteiger partial charge in [-0.1, -0.05) is 30.3 Å². The van der Waals surface area contributed by atoms with Gasteiger partial charge in [-0.2, -0.15) is 0 Å². The minimum absolute atomic E-state index is 1.17. The van der Waals surface area contributed by atoms with E-state index in [4.69, 9.17) is 0 Å². The van der Waals surface area contributed by atoms with Crippen LogP contribution < -0.4 is 0 Å². The number of piperidine rings is 1. The Morgan fingerprint density at radius 1 is 1.00 bits per heavy atom. The van der Waals surface area contributed by atoms with Gasteiger partial charge in [0.15, 0.2) is 0 Å². The van der Waals surface area contributed by atoms with Crippen molar-refractivity contribution < 1.29 is 0 Å². The highest BCUT2D eigenvalue weighted by atomic mass is 15.1. The average molecular weight is 186 g/mol. The second-order valence-electron chi connectivity index (χ2n) is 3.73. The molecule has 0 unspecified atom stereocenters. The van der Waals surface area contributed by atoms with Crippen molar-refractivity contribution in [3.63, 3.8) is 0 Å². The van der Waals surface area contributed by atoms with E-state index in [2.05, 4.69) is 41.4 Å². The Bertz CT molecular complexity index is 283. The van der Waals surface area contributed by atoms with Crippen molar-refractivity contribution in [1.82, 2.24) is 4.90 Å². The van der Waals surface area contributed by atoms with Crippen molar-refractivity contribution in [3.05, 3.63) is 42.1 Å². The molecule has 1 fully saturated rings. The van der Waals surface area contributed by atoms with Crippen LogP contribution >= 0.6 is 0 Å². The summed E-state index contributed by atoms with van der Waals surface area (Å²) in [5.74, 6) is 0. The Morgan fingerprint density at radius 3 is 2.43 bits per heavy atom. The van der Waals surface area contributed by atoms with Crippen molar-refractivity contribution in [2.45, 2.75) is 19.3 Å². The lowest BCUT2D eigenvalue weighted by Gasteiger charge is -2.23. The molecule has 1 saturated heterocycles. The smallest absolute Gasteiger partial charge is 0.0610 e. The fourth-order valence-electron chi connectivity index (χ4n) is 1.74. The molecule has 0 atom stereocenters. The molecule has 1 aromatic rings. The van der Waals surface area contributed by atoms with Gasteiger partial charge in [0.2, 0.25) is 0 Å². The molecule has 1 heteroatoms. The first-order valence-corrected chi connectivity index (χ1v) is 5.34. The highest BCUT2D eigenvalue weighted by Crippen LogP contribution is 2.09. The molecule has 1 aromatic carbocycles. The summed E-state index contributed by atoms with van der Waals surface area (Å²) in [6.45, 7) is 2.34. The summed E-state index contributed by atoms with van der Waals surface area (Å²) in [5, 5.41) is 0. The van der Waals surface area contributed by atoms with Crippen LogP contribution in [0, 0.1) is 6.20 Å². The van der Waals surface area contributed by atoms with E-state index >= 15 is 0 Å². The number of nitrogens with zero attached hydrogens (tertiary/aromatic N) is 1. The van der Waals surface area contributed by atoms with Crippen LogP contribution in [0.25, 0.3) is 6.08 Å². The molecule has 2 rings (SSSR count). The van der Waals surface area contributed by atoms with E-state index in [1.165, 1.54) is 37.9 Å². The van der Waals surface area contributed by atoms with Crippen LogP contribution in [-0.2, 0) is 0 Å². The fourth-order valence-corrected chi connectivity index (χ4v) is 1.74. The number of likely N-dealkylation sites (tertiary alicyclic amines) is 1. The summed E-state index contributed by atoms with van der Waals surface area (Å²) in [6, 6.07) is 10.4. The van der Waals surface area contributed by atoms with Crippen LogP contribution in [-0.4, -0.2) is 18.0 Å². The maximum Gasteiger partial charge on any atom is 0.0610 e. The predicted octanol–water partition coefficient (Wildman–Crippen LogP) is 2.95. The first kappa shape index (κ1) is 9.32. The molecule has 0 aromatic heterocycles. The van der Waals surface area contributed by atoms with Crippen LogP contribution in [0.4, 0.5) is 0 Å². The first-order chi connectivity index (χ1) is 6.95. The largest absolute Gasteiger partial charge is 0.370 e. The number of hydrogen-bond acceptors (Lipinski definition) is 1. The second kappa shape index (κ2) is 4.85. The molecule has 1 aliphatic heterocycles. The Kier molecular flexibility index (Phi) is 3.23. The second-order valence-corrected chi connectivity index (χ2v) is 3.73. The molecule has 0 saturated carbocycles. The number of hydrogen-bond donors (Lipinski definition) is 0. The number of rotatable bonds is 2. The van der Waals surface area contributed by atoms with E-state index in [1.807, 2.05) is 6.07 Å². The molecule has 0 amide bonds. The van der Waals surface area contributed by atoms with Gasteiger partial charge in [-0.15, -0.1) is 0 Å². The third-order valence-electron chi connectivity index (χ3n) is 2.57. The van der Waals surface area contributed by atoms with E-state index < -0.39 is 0 Å². The predicted molar refractivity (Wildman–Crippen MR) is 59.6 cm³/mol. The van der Waals surface area contributed by atoms with Crippen molar-refractivity contribution in [2.75, 3.05) is 13.1 Å². The molecule has 73 valence electrons. The summed E-state index contributed by atoms with van der Waals surface area (Å²) in [5.41, 5.74) is 1.23. The third kappa shape index (κ3) is 2.63. The maximum atomic E-state index is 3.35. The lowest BCUT2D eigenvalue weighted by atomic mass is 10.1. The van der Waals surface area contributed by atoms with Crippen LogP contribution in [0.3, 0.4) is 0 Å². The molecule has 1 heterocycles. The van der Waals surface area contributed by atoms with Gasteiger partial charge in [-0.25, -0.2) is 0 Å². The molecular weight excluding hydrogens is 170 g/mol. The van der Waals surface area contributed by atoms with Gasteiger partial charge in [-0.05, 0) is 30.9 Å². The van der Waals surface area contributed by atoms with E-state index in [1.54, 1.807) is 0 Å². The summed E-state index contributed by atoms with van der Waals surface area (Å²) < 4.78 is 0. The minimum atomic E-state index is 1.17. The van der Waals surface area contributed by atoms with Crippen LogP contribution in [0.15, 0.2) is 30.3 Å². The molecule has 1 radical (unpaired) electrons. The van der Waals surface area contributed by atoms with Gasteiger partial charge >= 0.3 is 0 Å². The van der Waals surface area contributed by atoms with Gasteiger partial charge in [0.1, 0.15) is 0 Å². The SMILES string of the molecule is [C](=Cc1ccccc1)N1CCCCC1. The molecule has 0 bridgehead atoms. The van der Waals surface area contributed by atoms with E-state index in [-0.39, 0.29) is 0 Å². The molecule has 0 spiro atoms. The highest BCUT2D eigenvalue weighted by molar-refractivity contribution is 5.46. The number of benzene rings is 1. The minimum Gasteiger partial charge on any atom is -0.370 e. The topological polar surface area (TPSA) is 3.24 Å². The molecule has 0 aliphatic carbocycles. The highest BCUT2D eigenvalue weighted by Gasteiger charge is 2.05. The molecule has 1 aliphatic rings. The zero-order valence-corrected chi connectivity index (χ0v) is 8.45. The molecule has 1 nitrogen and oxygen atoms in total. The van der Waals surface area contributed by atoms with Gasteiger partial charge in [0.25, 0.3) is 0 Å². The average Bonchev–Trinajstić information content (AvgIpc) is 2.29. The first-order valence-electron chi connectivity index (χ1n) is 5.34. The quantitative estimate of drug-likeness (QED) is 0.686. The normalized spacial score (nSPS) is 17.6. The molecule has 0 N–H and O–H groups in total. The monoisotopic (exact) mass is 186 g/mol. The van der Waals surface area contributed by atoms with Crippen LogP contribution in [0.5, 0.6) is 0 Å². The Morgan fingerprint density at radius 2 is 1.71 bits per heavy atom. The summed E-state index contributed by atoms with van der Waals surface area (Å²) >= 11 is 0. The molecular formula is C13H16N. The van der Waals surface area contributed by atoms with E-state index in [0.717, 1.165) is 0 Å². The van der Waals surface area contributed by atoms with Gasteiger partial charge < -0.3 is 4.90 Å². The van der Waals surface area contributed by atoms with Gasteiger partial charge in [0.05, 0.1) is 6.20 Å². The summed E-state index contributed by atoms with van der Waals surface area (Å²) in [6.07, 6.45) is 9.43. The Labute approximate surface area is 86.1 Å². The van der Waals surface area contributed by atoms with Crippen LogP contribution in [0.1, 0.15) is 24.8 Å². The van der Waals surface area contributed by atoms with Crippen molar-refractivity contribution in [1.29, 1.82) is 0 Å².